The topological polar surface area (TPSA) is 276 Å². The number of rotatable bonds is 11. The Morgan fingerprint density at radius 2 is 1.43 bits per heavy atom. The van der Waals surface area contributed by atoms with Crippen molar-refractivity contribution in [3.05, 3.63) is 0 Å². The SMILES string of the molecule is CO[C@@H]1C[C@H](O[C@H]2CC[C@@]3(C)[C@@H](CC[C@]45CCC(C6COC(=O)C6)[C@@](C)(CC[C@@H]43)C5=O)[C@H]2OC(C)=O)O[C@@H](C)[C@@H]1O[C@@H]1O[C@H](CO[C@@H]2O[C@H](CO)[C@@H](O)[C@H](O)[C@H]2O)[C@@H](O)[C@H](O)[C@H]1O. The van der Waals surface area contributed by atoms with E-state index < -0.39 is 128 Å². The Morgan fingerprint density at radius 1 is 0.762 bits per heavy atom. The number of fused-ring (bicyclic) bond motifs is 3. The first kappa shape index (κ1) is 47.5. The number of carbonyl (C=O) groups is 3. The van der Waals surface area contributed by atoms with Crippen LogP contribution in [0, 0.1) is 39.9 Å². The van der Waals surface area contributed by atoms with E-state index in [1.165, 1.54) is 14.0 Å². The van der Waals surface area contributed by atoms with E-state index in [9.17, 15) is 50.1 Å². The van der Waals surface area contributed by atoms with Crippen LogP contribution in [0.4, 0.5) is 0 Å². The maximum Gasteiger partial charge on any atom is 0.306 e. The number of ketones is 1. The van der Waals surface area contributed by atoms with Gasteiger partial charge >= 0.3 is 11.9 Å². The van der Waals surface area contributed by atoms with E-state index in [0.29, 0.717) is 38.1 Å². The van der Waals surface area contributed by atoms with Crippen molar-refractivity contribution in [3.8, 4) is 0 Å². The predicted octanol–water partition coefficient (Wildman–Crippen LogP) is -0.382. The Morgan fingerprint density at radius 3 is 2.08 bits per heavy atom. The van der Waals surface area contributed by atoms with Crippen LogP contribution < -0.4 is 0 Å². The Balaban J connectivity index is 0.913. The maximum atomic E-state index is 14.8. The molecule has 0 aromatic heterocycles. The monoisotopic (exact) mass is 900 g/mol. The van der Waals surface area contributed by atoms with Crippen molar-refractivity contribution < 1.29 is 92.8 Å². The van der Waals surface area contributed by atoms with Crippen molar-refractivity contribution in [2.75, 3.05) is 26.9 Å². The zero-order chi connectivity index (χ0) is 45.3. The molecule has 23 atom stereocenters. The average Bonchev–Trinajstić information content (AvgIpc) is 3.67. The molecule has 8 rings (SSSR count). The van der Waals surface area contributed by atoms with Gasteiger partial charge in [-0.15, -0.1) is 0 Å². The van der Waals surface area contributed by atoms with Gasteiger partial charge in [-0.25, -0.2) is 0 Å². The van der Waals surface area contributed by atoms with Crippen LogP contribution >= 0.6 is 0 Å². The maximum absolute atomic E-state index is 14.8. The molecule has 19 nitrogen and oxygen atoms in total. The normalized spacial score (nSPS) is 52.4. The van der Waals surface area contributed by atoms with E-state index in [-0.39, 0.29) is 41.5 Å². The van der Waals surface area contributed by atoms with Crippen LogP contribution in [-0.2, 0) is 57.0 Å². The third-order valence-corrected chi connectivity index (χ3v) is 16.8. The number of aliphatic hydroxyl groups excluding tert-OH is 7. The van der Waals surface area contributed by atoms with Gasteiger partial charge < -0.3 is 78.4 Å². The quantitative estimate of drug-likeness (QED) is 0.103. The fourth-order valence-corrected chi connectivity index (χ4v) is 13.6. The number of hydrogen-bond donors (Lipinski definition) is 7. The highest BCUT2D eigenvalue weighted by molar-refractivity contribution is 5.92. The highest BCUT2D eigenvalue weighted by Crippen LogP contribution is 2.70. The number of methoxy groups -OCH3 is 1. The summed E-state index contributed by atoms with van der Waals surface area (Å²) in [7, 11) is 1.49. The summed E-state index contributed by atoms with van der Waals surface area (Å²) in [5.74, 6) is -0.0234. The molecule has 2 unspecified atom stereocenters. The minimum absolute atomic E-state index is 0.0637. The molecule has 4 aliphatic heterocycles. The molecule has 2 bridgehead atoms. The minimum atomic E-state index is -1.75. The summed E-state index contributed by atoms with van der Waals surface area (Å²) in [6, 6.07) is 0. The molecule has 4 saturated heterocycles. The van der Waals surface area contributed by atoms with E-state index in [1.54, 1.807) is 6.92 Å². The molecule has 8 aliphatic rings. The summed E-state index contributed by atoms with van der Waals surface area (Å²) in [6.07, 6.45) is -13.4. The van der Waals surface area contributed by atoms with Gasteiger partial charge in [-0.05, 0) is 75.5 Å². The number of esters is 2. The third kappa shape index (κ3) is 8.31. The summed E-state index contributed by atoms with van der Waals surface area (Å²) in [4.78, 5) is 39.7. The molecule has 358 valence electrons. The molecule has 0 amide bonds. The molecule has 8 fully saturated rings. The van der Waals surface area contributed by atoms with Gasteiger partial charge in [0, 0.05) is 43.1 Å². The first-order valence-electron chi connectivity index (χ1n) is 22.9. The molecule has 4 saturated carbocycles. The van der Waals surface area contributed by atoms with E-state index >= 15 is 0 Å². The van der Waals surface area contributed by atoms with Crippen LogP contribution in [0.25, 0.3) is 0 Å². The summed E-state index contributed by atoms with van der Waals surface area (Å²) in [6.45, 7) is 6.71. The van der Waals surface area contributed by atoms with Crippen LogP contribution in [0.3, 0.4) is 0 Å². The van der Waals surface area contributed by atoms with E-state index in [2.05, 4.69) is 13.8 Å². The molecular formula is C44H68O19. The number of carbonyl (C=O) groups excluding carboxylic acids is 3. The van der Waals surface area contributed by atoms with Gasteiger partial charge in [0.05, 0.1) is 44.6 Å². The zero-order valence-electron chi connectivity index (χ0n) is 36.8. The second kappa shape index (κ2) is 18.3. The third-order valence-electron chi connectivity index (χ3n) is 16.8. The first-order valence-corrected chi connectivity index (χ1v) is 22.9. The predicted molar refractivity (Wildman–Crippen MR) is 212 cm³/mol. The summed E-state index contributed by atoms with van der Waals surface area (Å²) in [5, 5.41) is 72.7. The van der Waals surface area contributed by atoms with Gasteiger partial charge in [0.1, 0.15) is 66.8 Å². The van der Waals surface area contributed by atoms with Crippen molar-refractivity contribution in [3.63, 3.8) is 0 Å². The van der Waals surface area contributed by atoms with E-state index in [1.807, 2.05) is 0 Å². The fraction of sp³-hybridized carbons (Fsp3) is 0.932. The Kier molecular flexibility index (Phi) is 13.8. The fourth-order valence-electron chi connectivity index (χ4n) is 13.6. The van der Waals surface area contributed by atoms with Gasteiger partial charge in [0.2, 0.25) is 0 Å². The number of Topliss-reactive ketones (excluding diaryl/α,β-unsaturated/α-hetero) is 1. The lowest BCUT2D eigenvalue weighted by Gasteiger charge is -2.67. The number of aliphatic hydroxyl groups is 7. The van der Waals surface area contributed by atoms with Crippen molar-refractivity contribution in [2.24, 2.45) is 39.9 Å². The molecule has 0 radical (unpaired) electrons. The van der Waals surface area contributed by atoms with E-state index in [4.69, 9.17) is 42.6 Å². The van der Waals surface area contributed by atoms with Gasteiger partial charge in [0.25, 0.3) is 0 Å². The van der Waals surface area contributed by atoms with Crippen molar-refractivity contribution in [1.29, 1.82) is 0 Å². The van der Waals surface area contributed by atoms with Crippen LogP contribution in [0.5, 0.6) is 0 Å². The highest BCUT2D eigenvalue weighted by atomic mass is 16.8. The molecule has 0 aromatic carbocycles. The zero-order valence-corrected chi connectivity index (χ0v) is 36.8. The van der Waals surface area contributed by atoms with Gasteiger partial charge in [-0.3, -0.25) is 14.4 Å². The Labute approximate surface area is 366 Å². The molecule has 19 heteroatoms. The second-order valence-electron chi connectivity index (χ2n) is 20.2. The van der Waals surface area contributed by atoms with Crippen LogP contribution in [0.1, 0.15) is 91.9 Å². The van der Waals surface area contributed by atoms with Crippen molar-refractivity contribution in [1.82, 2.24) is 0 Å². The van der Waals surface area contributed by atoms with Gasteiger partial charge in [-0.2, -0.15) is 0 Å². The number of ether oxygens (including phenoxy) is 9. The second-order valence-corrected chi connectivity index (χ2v) is 20.2. The average molecular weight is 901 g/mol. The standard InChI is InChI=1S/C44H68O19/c1-19-37(63-40-36(53)34(51)32(49)27(62-40)18-57-39-35(52)33(50)31(48)26(16-45)61-39)25(55-5)15-30(58-19)60-24-8-10-42(3)23(38(24)59-20(2)46)7-13-44-12-6-22(21-14-29(47)56-17-21)43(4,41(44)54)11-9-28(42)44/h19,21-28,30-40,45,48-53H,6-18H2,1-5H3/t19-,21?,22?,23-,24-,25+,26+,27+,28+,30-,31+,32+,33-,34-,35+,36+,37-,38+,39+,40-,42-,43+,44+/m0/s1. The van der Waals surface area contributed by atoms with Crippen LogP contribution in [-0.4, -0.2) is 179 Å². The lowest BCUT2D eigenvalue weighted by molar-refractivity contribution is -0.356. The van der Waals surface area contributed by atoms with E-state index in [0.717, 1.165) is 32.1 Å². The van der Waals surface area contributed by atoms with Crippen molar-refractivity contribution >= 4 is 17.7 Å². The molecule has 63 heavy (non-hydrogen) atoms. The smallest absolute Gasteiger partial charge is 0.306 e. The lowest BCUT2D eigenvalue weighted by Crippen LogP contribution is -2.67. The molecule has 4 aliphatic carbocycles. The summed E-state index contributed by atoms with van der Waals surface area (Å²) < 4.78 is 53.5. The van der Waals surface area contributed by atoms with Gasteiger partial charge in [-0.1, -0.05) is 13.8 Å². The molecule has 1 spiro atoms. The largest absolute Gasteiger partial charge is 0.465 e. The summed E-state index contributed by atoms with van der Waals surface area (Å²) >= 11 is 0. The minimum Gasteiger partial charge on any atom is -0.465 e. The van der Waals surface area contributed by atoms with Crippen molar-refractivity contribution in [2.45, 2.75) is 190 Å². The number of hydrogen-bond acceptors (Lipinski definition) is 19. The molecular weight excluding hydrogens is 832 g/mol. The molecule has 7 N–H and O–H groups in total. The molecule has 4 heterocycles. The lowest BCUT2D eigenvalue weighted by atomic mass is 9.36. The Hall–Kier alpha value is -1.95. The van der Waals surface area contributed by atoms with Crippen LogP contribution in [0.2, 0.25) is 0 Å². The Bertz CT molecular complexity index is 1670. The number of cyclic esters (lactones) is 1. The van der Waals surface area contributed by atoms with Gasteiger partial charge in [0.15, 0.2) is 18.9 Å². The molecule has 0 aromatic rings. The summed E-state index contributed by atoms with van der Waals surface area (Å²) in [5.41, 5.74) is -1.26. The first-order chi connectivity index (χ1) is 29.9. The van der Waals surface area contributed by atoms with Crippen LogP contribution in [0.15, 0.2) is 0 Å². The highest BCUT2D eigenvalue weighted by Gasteiger charge is 2.70.